The van der Waals surface area contributed by atoms with Crippen molar-refractivity contribution in [3.8, 4) is 0 Å². The van der Waals surface area contributed by atoms with E-state index < -0.39 is 17.8 Å². The van der Waals surface area contributed by atoms with E-state index in [1.807, 2.05) is 0 Å². The first-order valence-electron chi connectivity index (χ1n) is 4.11. The Bertz CT molecular complexity index is 373. The molecule has 1 aromatic carbocycles. The van der Waals surface area contributed by atoms with Crippen molar-refractivity contribution in [3.63, 3.8) is 0 Å². The Morgan fingerprint density at radius 1 is 1.40 bits per heavy atom. The van der Waals surface area contributed by atoms with E-state index in [0.717, 1.165) is 6.07 Å². The SMILES string of the molecule is C=C[C@H](N)c1ccc(C(F)(F)F)c(Cl)c1. The van der Waals surface area contributed by atoms with Gasteiger partial charge in [0.05, 0.1) is 10.6 Å². The van der Waals surface area contributed by atoms with Crippen LogP contribution in [0.25, 0.3) is 0 Å². The summed E-state index contributed by atoms with van der Waals surface area (Å²) >= 11 is 5.51. The van der Waals surface area contributed by atoms with Crippen molar-refractivity contribution in [1.29, 1.82) is 0 Å². The Hall–Kier alpha value is -1.00. The smallest absolute Gasteiger partial charge is 0.321 e. The number of hydrogen-bond acceptors (Lipinski definition) is 1. The Balaban J connectivity index is 3.14. The summed E-state index contributed by atoms with van der Waals surface area (Å²) in [6, 6.07) is 2.91. The van der Waals surface area contributed by atoms with E-state index in [4.69, 9.17) is 17.3 Å². The minimum atomic E-state index is -4.44. The van der Waals surface area contributed by atoms with E-state index in [1.165, 1.54) is 18.2 Å². The fourth-order valence-corrected chi connectivity index (χ4v) is 1.40. The second kappa shape index (κ2) is 4.24. The molecule has 82 valence electrons. The molecule has 0 unspecified atom stereocenters. The first-order chi connectivity index (χ1) is 6.86. The summed E-state index contributed by atoms with van der Waals surface area (Å²) in [6.45, 7) is 3.45. The minimum Gasteiger partial charge on any atom is -0.321 e. The fraction of sp³-hybridized carbons (Fsp3) is 0.200. The van der Waals surface area contributed by atoms with Gasteiger partial charge in [-0.1, -0.05) is 23.7 Å². The van der Waals surface area contributed by atoms with E-state index in [0.29, 0.717) is 5.56 Å². The van der Waals surface area contributed by atoms with Crippen molar-refractivity contribution in [2.24, 2.45) is 5.73 Å². The van der Waals surface area contributed by atoms with Gasteiger partial charge < -0.3 is 5.73 Å². The van der Waals surface area contributed by atoms with Gasteiger partial charge in [-0.15, -0.1) is 6.58 Å². The highest BCUT2D eigenvalue weighted by molar-refractivity contribution is 6.31. The number of rotatable bonds is 2. The number of alkyl halides is 3. The lowest BCUT2D eigenvalue weighted by Gasteiger charge is -2.12. The fourth-order valence-electron chi connectivity index (χ4n) is 1.10. The van der Waals surface area contributed by atoms with E-state index in [2.05, 4.69) is 6.58 Å². The van der Waals surface area contributed by atoms with Gasteiger partial charge in [-0.3, -0.25) is 0 Å². The van der Waals surface area contributed by atoms with Crippen molar-refractivity contribution in [2.75, 3.05) is 0 Å². The molecule has 0 amide bonds. The molecule has 0 aliphatic heterocycles. The summed E-state index contributed by atoms with van der Waals surface area (Å²) < 4.78 is 37.0. The van der Waals surface area contributed by atoms with Gasteiger partial charge in [0, 0.05) is 6.04 Å². The van der Waals surface area contributed by atoms with Crippen LogP contribution in [-0.2, 0) is 6.18 Å². The van der Waals surface area contributed by atoms with Crippen LogP contribution in [0.5, 0.6) is 0 Å². The Labute approximate surface area is 90.3 Å². The Morgan fingerprint density at radius 2 is 2.00 bits per heavy atom. The van der Waals surface area contributed by atoms with Crippen LogP contribution in [0.1, 0.15) is 17.2 Å². The van der Waals surface area contributed by atoms with E-state index >= 15 is 0 Å². The lowest BCUT2D eigenvalue weighted by atomic mass is 10.1. The molecule has 0 radical (unpaired) electrons. The molecular weight excluding hydrogens is 227 g/mol. The van der Waals surface area contributed by atoms with Gasteiger partial charge in [0.25, 0.3) is 0 Å². The van der Waals surface area contributed by atoms with Crippen molar-refractivity contribution in [1.82, 2.24) is 0 Å². The van der Waals surface area contributed by atoms with E-state index in [-0.39, 0.29) is 5.02 Å². The molecule has 0 spiro atoms. The maximum absolute atomic E-state index is 12.3. The van der Waals surface area contributed by atoms with Gasteiger partial charge in [0.2, 0.25) is 0 Å². The maximum Gasteiger partial charge on any atom is 0.417 e. The summed E-state index contributed by atoms with van der Waals surface area (Å²) in [5, 5.41) is -0.350. The first kappa shape index (κ1) is 12.1. The monoisotopic (exact) mass is 235 g/mol. The van der Waals surface area contributed by atoms with Crippen LogP contribution >= 0.6 is 11.6 Å². The molecule has 15 heavy (non-hydrogen) atoms. The van der Waals surface area contributed by atoms with Crippen LogP contribution in [0.15, 0.2) is 30.9 Å². The van der Waals surface area contributed by atoms with Gasteiger partial charge in [0.15, 0.2) is 0 Å². The molecule has 1 atom stereocenters. The first-order valence-corrected chi connectivity index (χ1v) is 4.49. The average molecular weight is 236 g/mol. The van der Waals surface area contributed by atoms with Gasteiger partial charge in [0.1, 0.15) is 0 Å². The quantitative estimate of drug-likeness (QED) is 0.780. The number of hydrogen-bond donors (Lipinski definition) is 1. The van der Waals surface area contributed by atoms with Crippen molar-refractivity contribution >= 4 is 11.6 Å². The molecule has 0 aliphatic rings. The molecule has 0 aromatic heterocycles. The molecule has 0 saturated carbocycles. The third-order valence-electron chi connectivity index (χ3n) is 1.94. The van der Waals surface area contributed by atoms with Gasteiger partial charge >= 0.3 is 6.18 Å². The second-order valence-corrected chi connectivity index (χ2v) is 3.41. The summed E-state index contributed by atoms with van der Waals surface area (Å²) in [4.78, 5) is 0. The van der Waals surface area contributed by atoms with Crippen molar-refractivity contribution in [3.05, 3.63) is 47.0 Å². The highest BCUT2D eigenvalue weighted by atomic mass is 35.5. The standard InChI is InChI=1S/C10H9ClF3N/c1-2-9(15)6-3-4-7(8(11)5-6)10(12,13)14/h2-5,9H,1,15H2/t9-/m0/s1. The molecule has 2 N–H and O–H groups in total. The molecule has 0 saturated heterocycles. The summed E-state index contributed by atoms with van der Waals surface area (Å²) in [5.74, 6) is 0. The van der Waals surface area contributed by atoms with Crippen LogP contribution in [0.3, 0.4) is 0 Å². The molecule has 1 nitrogen and oxygen atoms in total. The predicted molar refractivity (Wildman–Crippen MR) is 53.6 cm³/mol. The Kier molecular flexibility index (Phi) is 3.42. The summed E-state index contributed by atoms with van der Waals surface area (Å²) in [5.41, 5.74) is 5.21. The van der Waals surface area contributed by atoms with Gasteiger partial charge in [-0.05, 0) is 17.7 Å². The minimum absolute atomic E-state index is 0.350. The molecule has 0 heterocycles. The molecule has 1 rings (SSSR count). The number of nitrogens with two attached hydrogens (primary N) is 1. The predicted octanol–water partition coefficient (Wildman–Crippen LogP) is 3.54. The molecule has 0 bridgehead atoms. The van der Waals surface area contributed by atoms with Crippen molar-refractivity contribution in [2.45, 2.75) is 12.2 Å². The van der Waals surface area contributed by atoms with Crippen LogP contribution in [0, 0.1) is 0 Å². The highest BCUT2D eigenvalue weighted by Gasteiger charge is 2.33. The Morgan fingerprint density at radius 3 is 2.40 bits per heavy atom. The zero-order chi connectivity index (χ0) is 11.6. The van der Waals surface area contributed by atoms with E-state index in [9.17, 15) is 13.2 Å². The molecule has 0 aliphatic carbocycles. The van der Waals surface area contributed by atoms with Gasteiger partial charge in [-0.25, -0.2) is 0 Å². The van der Waals surface area contributed by atoms with Crippen molar-refractivity contribution < 1.29 is 13.2 Å². The van der Waals surface area contributed by atoms with Gasteiger partial charge in [-0.2, -0.15) is 13.2 Å². The molecule has 1 aromatic rings. The second-order valence-electron chi connectivity index (χ2n) is 3.00. The highest BCUT2D eigenvalue weighted by Crippen LogP contribution is 2.35. The van der Waals surface area contributed by atoms with Crippen LogP contribution in [-0.4, -0.2) is 0 Å². The van der Waals surface area contributed by atoms with Crippen LogP contribution in [0.2, 0.25) is 5.02 Å². The third-order valence-corrected chi connectivity index (χ3v) is 2.25. The topological polar surface area (TPSA) is 26.0 Å². The average Bonchev–Trinajstić information content (AvgIpc) is 2.14. The normalized spacial score (nSPS) is 13.7. The van der Waals surface area contributed by atoms with E-state index in [1.54, 1.807) is 0 Å². The molecular formula is C10H9ClF3N. The van der Waals surface area contributed by atoms with Crippen LogP contribution < -0.4 is 5.73 Å². The van der Waals surface area contributed by atoms with Crippen LogP contribution in [0.4, 0.5) is 13.2 Å². The third kappa shape index (κ3) is 2.73. The molecule has 5 heteroatoms. The zero-order valence-electron chi connectivity index (χ0n) is 7.68. The lowest BCUT2D eigenvalue weighted by molar-refractivity contribution is -0.137. The number of halogens is 4. The summed E-state index contributed by atoms with van der Waals surface area (Å²) in [6.07, 6.45) is -3.01. The number of benzene rings is 1. The summed E-state index contributed by atoms with van der Waals surface area (Å²) in [7, 11) is 0. The zero-order valence-corrected chi connectivity index (χ0v) is 8.44. The molecule has 0 fully saturated rings. The largest absolute Gasteiger partial charge is 0.417 e. The lowest BCUT2D eigenvalue weighted by Crippen LogP contribution is -2.09. The maximum atomic E-state index is 12.3.